The van der Waals surface area contributed by atoms with Crippen LogP contribution in [0.2, 0.25) is 0 Å². The Hall–Kier alpha value is -1.63. The third-order valence-electron chi connectivity index (χ3n) is 0.672. The standard InChI is InChI=1S/C3H6N4O3/c4-2(5)1(6-9)3(8)7-10/h9-10H,(H3,4,5)(H,7,8)/b6-1+. The Kier molecular flexibility index (Phi) is 2.85. The van der Waals surface area contributed by atoms with Gasteiger partial charge >= 0.3 is 0 Å². The molecule has 7 heteroatoms. The highest BCUT2D eigenvalue weighted by Gasteiger charge is 2.13. The smallest absolute Gasteiger partial charge is 0.300 e. The predicted molar refractivity (Wildman–Crippen MR) is 31.1 cm³/mol. The minimum atomic E-state index is -1.13. The summed E-state index contributed by atoms with van der Waals surface area (Å²) in [7, 11) is 0. The lowest BCUT2D eigenvalue weighted by Crippen LogP contribution is -2.37. The molecule has 6 N–H and O–H groups in total. The zero-order valence-corrected chi connectivity index (χ0v) is 4.83. The number of hydrogen-bond donors (Lipinski definition) is 5. The van der Waals surface area contributed by atoms with Crippen LogP contribution in [-0.2, 0) is 4.79 Å². The molecule has 0 spiro atoms. The first-order valence-corrected chi connectivity index (χ1v) is 2.14. The molecule has 0 bridgehead atoms. The van der Waals surface area contributed by atoms with Gasteiger partial charge in [-0.05, 0) is 0 Å². The summed E-state index contributed by atoms with van der Waals surface area (Å²) in [5.74, 6) is -1.86. The van der Waals surface area contributed by atoms with E-state index in [0.29, 0.717) is 0 Å². The summed E-state index contributed by atoms with van der Waals surface area (Å²) in [6, 6.07) is 0. The van der Waals surface area contributed by atoms with Gasteiger partial charge < -0.3 is 10.9 Å². The first-order valence-electron chi connectivity index (χ1n) is 2.14. The lowest BCUT2D eigenvalue weighted by Gasteiger charge is -1.96. The van der Waals surface area contributed by atoms with Gasteiger partial charge in [0.2, 0.25) is 5.71 Å². The molecule has 0 fully saturated rings. The lowest BCUT2D eigenvalue weighted by atomic mass is 10.3. The van der Waals surface area contributed by atoms with E-state index < -0.39 is 17.5 Å². The number of hydrogen-bond acceptors (Lipinski definition) is 5. The first kappa shape index (κ1) is 8.37. The SMILES string of the molecule is N=C(N)/C(=N\O)C(=O)NO. The maximum Gasteiger partial charge on any atom is 0.300 e. The molecule has 0 heterocycles. The molecule has 0 aliphatic rings. The van der Waals surface area contributed by atoms with Gasteiger partial charge in [-0.15, -0.1) is 0 Å². The molecule has 0 radical (unpaired) electrons. The maximum absolute atomic E-state index is 10.3. The topological polar surface area (TPSA) is 132 Å². The fraction of sp³-hybridized carbons (Fsp3) is 0. The van der Waals surface area contributed by atoms with E-state index in [2.05, 4.69) is 5.16 Å². The van der Waals surface area contributed by atoms with Crippen LogP contribution >= 0.6 is 0 Å². The summed E-state index contributed by atoms with van der Waals surface area (Å²) >= 11 is 0. The zero-order chi connectivity index (χ0) is 8.15. The summed E-state index contributed by atoms with van der Waals surface area (Å²) in [5.41, 5.74) is 5.16. The number of carbonyl (C=O) groups excluding carboxylic acids is 1. The van der Waals surface area contributed by atoms with Crippen molar-refractivity contribution in [1.82, 2.24) is 5.48 Å². The highest BCUT2D eigenvalue weighted by atomic mass is 16.5. The van der Waals surface area contributed by atoms with Gasteiger partial charge in [0, 0.05) is 0 Å². The van der Waals surface area contributed by atoms with Crippen LogP contribution in [0.25, 0.3) is 0 Å². The molecule has 7 nitrogen and oxygen atoms in total. The van der Waals surface area contributed by atoms with E-state index in [9.17, 15) is 4.79 Å². The van der Waals surface area contributed by atoms with Crippen molar-refractivity contribution in [1.29, 1.82) is 5.41 Å². The summed E-state index contributed by atoms with van der Waals surface area (Å²) < 4.78 is 0. The van der Waals surface area contributed by atoms with Crippen molar-refractivity contribution in [2.75, 3.05) is 0 Å². The molecule has 0 aromatic rings. The number of amides is 1. The summed E-state index contributed by atoms with van der Waals surface area (Å²) in [4.78, 5) is 10.3. The fourth-order valence-corrected chi connectivity index (χ4v) is 0.275. The van der Waals surface area contributed by atoms with E-state index in [1.165, 1.54) is 0 Å². The van der Waals surface area contributed by atoms with Crippen LogP contribution in [0.1, 0.15) is 0 Å². The van der Waals surface area contributed by atoms with Crippen LogP contribution in [0, 0.1) is 5.41 Å². The van der Waals surface area contributed by atoms with Gasteiger partial charge in [-0.3, -0.25) is 15.4 Å². The summed E-state index contributed by atoms with van der Waals surface area (Å²) in [6.07, 6.45) is 0. The Balaban J connectivity index is 4.39. The van der Waals surface area contributed by atoms with Crippen LogP contribution in [-0.4, -0.2) is 27.9 Å². The van der Waals surface area contributed by atoms with Gasteiger partial charge in [-0.1, -0.05) is 5.16 Å². The molecule has 0 aromatic heterocycles. The van der Waals surface area contributed by atoms with Crippen molar-refractivity contribution in [2.45, 2.75) is 0 Å². The number of nitrogens with one attached hydrogen (secondary N) is 2. The van der Waals surface area contributed by atoms with Crippen LogP contribution in [0.3, 0.4) is 0 Å². The second-order valence-electron chi connectivity index (χ2n) is 1.30. The number of rotatable bonds is 2. The van der Waals surface area contributed by atoms with Gasteiger partial charge in [-0.2, -0.15) is 0 Å². The third kappa shape index (κ3) is 1.71. The van der Waals surface area contributed by atoms with E-state index in [0.717, 1.165) is 5.48 Å². The third-order valence-corrected chi connectivity index (χ3v) is 0.672. The molecule has 10 heavy (non-hydrogen) atoms. The minimum Gasteiger partial charge on any atom is -0.410 e. The van der Waals surface area contributed by atoms with Crippen LogP contribution in [0.4, 0.5) is 0 Å². The summed E-state index contributed by atoms with van der Waals surface area (Å²) in [5, 5.41) is 24.9. The van der Waals surface area contributed by atoms with E-state index in [-0.39, 0.29) is 0 Å². The highest BCUT2D eigenvalue weighted by Crippen LogP contribution is 1.74. The molecule has 0 atom stereocenters. The number of nitrogens with two attached hydrogens (primary N) is 1. The Bertz CT molecular complexity index is 186. The van der Waals surface area contributed by atoms with Crippen molar-refractivity contribution in [2.24, 2.45) is 10.9 Å². The molecule has 0 aliphatic heterocycles. The van der Waals surface area contributed by atoms with Crippen molar-refractivity contribution >= 4 is 17.5 Å². The van der Waals surface area contributed by atoms with Gasteiger partial charge in [0.15, 0.2) is 5.84 Å². The lowest BCUT2D eigenvalue weighted by molar-refractivity contribution is -0.122. The zero-order valence-electron chi connectivity index (χ0n) is 4.83. The molecule has 0 saturated heterocycles. The highest BCUT2D eigenvalue weighted by molar-refractivity contribution is 6.65. The molecule has 56 valence electrons. The van der Waals surface area contributed by atoms with E-state index >= 15 is 0 Å². The van der Waals surface area contributed by atoms with E-state index in [4.69, 9.17) is 21.6 Å². The average molecular weight is 146 g/mol. The summed E-state index contributed by atoms with van der Waals surface area (Å²) in [6.45, 7) is 0. The molecular weight excluding hydrogens is 140 g/mol. The Morgan fingerprint density at radius 1 is 1.70 bits per heavy atom. The number of hydroxylamine groups is 1. The number of oxime groups is 1. The monoisotopic (exact) mass is 146 g/mol. The van der Waals surface area contributed by atoms with Crippen LogP contribution in [0.5, 0.6) is 0 Å². The molecule has 0 rings (SSSR count). The Morgan fingerprint density at radius 2 is 2.20 bits per heavy atom. The number of amidine groups is 1. The molecule has 0 saturated carbocycles. The van der Waals surface area contributed by atoms with Gasteiger partial charge in [0.1, 0.15) is 0 Å². The minimum absolute atomic E-state index is 0.728. The number of carbonyl (C=O) groups is 1. The number of nitrogens with zero attached hydrogens (tertiary/aromatic N) is 1. The van der Waals surface area contributed by atoms with Gasteiger partial charge in [0.25, 0.3) is 5.91 Å². The molecule has 0 aliphatic carbocycles. The van der Waals surface area contributed by atoms with Crippen LogP contribution in [0.15, 0.2) is 5.16 Å². The molecule has 1 amide bonds. The molecule has 0 aromatic carbocycles. The van der Waals surface area contributed by atoms with Crippen molar-refractivity contribution in [3.8, 4) is 0 Å². The Labute approximate surface area is 55.6 Å². The van der Waals surface area contributed by atoms with Gasteiger partial charge in [0.05, 0.1) is 0 Å². The van der Waals surface area contributed by atoms with Crippen LogP contribution < -0.4 is 11.2 Å². The normalized spacial score (nSPS) is 10.7. The van der Waals surface area contributed by atoms with E-state index in [1.807, 2.05) is 0 Å². The van der Waals surface area contributed by atoms with Crippen molar-refractivity contribution < 1.29 is 15.2 Å². The molecular formula is C3H6N4O3. The second kappa shape index (κ2) is 3.41. The van der Waals surface area contributed by atoms with E-state index in [1.54, 1.807) is 0 Å². The maximum atomic E-state index is 10.3. The Morgan fingerprint density at radius 3 is 2.30 bits per heavy atom. The average Bonchev–Trinajstić information content (AvgIpc) is 1.88. The first-order chi connectivity index (χ1) is 4.63. The second-order valence-corrected chi connectivity index (χ2v) is 1.30. The van der Waals surface area contributed by atoms with Crippen molar-refractivity contribution in [3.63, 3.8) is 0 Å². The quantitative estimate of drug-likeness (QED) is 0.104. The van der Waals surface area contributed by atoms with Gasteiger partial charge in [-0.25, -0.2) is 5.48 Å². The largest absolute Gasteiger partial charge is 0.410 e. The van der Waals surface area contributed by atoms with Crippen molar-refractivity contribution in [3.05, 3.63) is 0 Å². The predicted octanol–water partition coefficient (Wildman–Crippen LogP) is -1.74. The fourth-order valence-electron chi connectivity index (χ4n) is 0.275. The molecule has 0 unspecified atom stereocenters.